The Labute approximate surface area is 280 Å². The highest BCUT2D eigenvalue weighted by molar-refractivity contribution is 6.10. The summed E-state index contributed by atoms with van der Waals surface area (Å²) < 4.78 is 73.5. The molecule has 1 saturated heterocycles. The number of phenols is 1. The predicted octanol–water partition coefficient (Wildman–Crippen LogP) is 6.73. The second kappa shape index (κ2) is 12.4. The van der Waals surface area contributed by atoms with E-state index in [1.54, 1.807) is 31.0 Å². The topological polar surface area (TPSA) is 97.1 Å². The number of fused-ring (bicyclic) bond motifs is 5. The molecule has 2 aliphatic heterocycles. The van der Waals surface area contributed by atoms with Gasteiger partial charge in [0.2, 0.25) is 5.91 Å². The molecule has 2 aliphatic rings. The van der Waals surface area contributed by atoms with Crippen LogP contribution in [0.25, 0.3) is 27.6 Å². The number of aromatic nitrogens is 2. The minimum absolute atomic E-state index is 0.0705. The first-order chi connectivity index (χ1) is 23.2. The summed E-state index contributed by atoms with van der Waals surface area (Å²) in [5, 5.41) is 10.4. The monoisotopic (exact) mass is 680 g/mol. The highest BCUT2D eigenvalue weighted by Gasteiger charge is 2.44. The number of piperazine rings is 1. The van der Waals surface area contributed by atoms with Crippen LogP contribution >= 0.6 is 0 Å². The first-order valence-electron chi connectivity index (χ1n) is 16.0. The molecule has 13 heteroatoms. The summed E-state index contributed by atoms with van der Waals surface area (Å²) in [6.45, 7) is 13.3. The number of benzene rings is 2. The van der Waals surface area contributed by atoms with Crippen molar-refractivity contribution in [2.75, 3.05) is 31.2 Å². The van der Waals surface area contributed by atoms with E-state index in [1.807, 2.05) is 25.7 Å². The quantitative estimate of drug-likeness (QED) is 0.178. The minimum atomic E-state index is -5.17. The molecule has 4 heterocycles. The first kappa shape index (κ1) is 33.8. The number of hydrogen-bond acceptors (Lipinski definition) is 7. The first-order valence-corrected chi connectivity index (χ1v) is 16.0. The van der Waals surface area contributed by atoms with Crippen molar-refractivity contribution in [1.82, 2.24) is 14.5 Å². The Morgan fingerprint density at radius 3 is 2.57 bits per heavy atom. The van der Waals surface area contributed by atoms with Gasteiger partial charge in [-0.3, -0.25) is 19.1 Å². The van der Waals surface area contributed by atoms with Gasteiger partial charge in [-0.1, -0.05) is 26.5 Å². The van der Waals surface area contributed by atoms with E-state index in [0.717, 1.165) is 24.3 Å². The normalized spacial score (nSPS) is 17.5. The number of amides is 1. The zero-order chi connectivity index (χ0) is 35.5. The van der Waals surface area contributed by atoms with Crippen LogP contribution in [-0.2, 0) is 11.0 Å². The summed E-state index contributed by atoms with van der Waals surface area (Å²) >= 11 is 0. The molecule has 0 bridgehead atoms. The summed E-state index contributed by atoms with van der Waals surface area (Å²) in [5.41, 5.74) is -1.62. The van der Waals surface area contributed by atoms with Gasteiger partial charge in [-0.25, -0.2) is 4.39 Å². The van der Waals surface area contributed by atoms with Crippen molar-refractivity contribution in [1.29, 1.82) is 0 Å². The Bertz CT molecular complexity index is 2040. The molecule has 258 valence electrons. The molecular weight excluding hydrogens is 644 g/mol. The van der Waals surface area contributed by atoms with Gasteiger partial charge in [0.1, 0.15) is 23.7 Å². The number of ether oxygens (including phenoxy) is 2. The molecule has 2 aromatic carbocycles. The number of nitrogens with zero attached hydrogens (tertiary/aromatic N) is 4. The van der Waals surface area contributed by atoms with Crippen LogP contribution in [0.2, 0.25) is 0 Å². The van der Waals surface area contributed by atoms with E-state index >= 15 is 17.6 Å². The van der Waals surface area contributed by atoms with Gasteiger partial charge in [-0.05, 0) is 62.6 Å². The maximum atomic E-state index is 15.4. The van der Waals surface area contributed by atoms with Crippen molar-refractivity contribution in [3.8, 4) is 34.1 Å². The summed E-state index contributed by atoms with van der Waals surface area (Å²) in [5.74, 6) is -2.29. The van der Waals surface area contributed by atoms with Crippen molar-refractivity contribution >= 4 is 22.4 Å². The summed E-state index contributed by atoms with van der Waals surface area (Å²) in [6.07, 6.45) is -2.35. The molecule has 2 atom stereocenters. The SMILES string of the molecule is C=CC(=O)N1CC2COc3c(OCC)c(-c4c(C)ccnc4C(C)C)c4c(=O)n(-c5c(O)cccc5F)c(C(F)(F)F)cc4c3N2CC1C. The fourth-order valence-corrected chi connectivity index (χ4v) is 6.99. The molecule has 4 aromatic rings. The van der Waals surface area contributed by atoms with Crippen LogP contribution in [0.5, 0.6) is 17.2 Å². The van der Waals surface area contributed by atoms with Crippen molar-refractivity contribution in [2.24, 2.45) is 0 Å². The van der Waals surface area contributed by atoms with Crippen LogP contribution < -0.4 is 19.9 Å². The summed E-state index contributed by atoms with van der Waals surface area (Å²) in [6, 6.07) is 4.67. The number of halogens is 4. The molecule has 9 nitrogen and oxygen atoms in total. The smallest absolute Gasteiger partial charge is 0.431 e. The number of carbonyl (C=O) groups is 1. The lowest BCUT2D eigenvalue weighted by atomic mass is 9.88. The molecule has 0 aliphatic carbocycles. The zero-order valence-electron chi connectivity index (χ0n) is 27.7. The third-order valence-electron chi connectivity index (χ3n) is 9.12. The van der Waals surface area contributed by atoms with E-state index in [1.165, 1.54) is 6.08 Å². The average molecular weight is 681 g/mol. The number of aryl methyl sites for hydroxylation is 1. The Morgan fingerprint density at radius 1 is 1.20 bits per heavy atom. The highest BCUT2D eigenvalue weighted by atomic mass is 19.4. The maximum absolute atomic E-state index is 15.4. The van der Waals surface area contributed by atoms with Crippen LogP contribution in [0.3, 0.4) is 0 Å². The average Bonchev–Trinajstić information content (AvgIpc) is 3.04. The van der Waals surface area contributed by atoms with Gasteiger partial charge in [0.25, 0.3) is 5.56 Å². The molecule has 0 spiro atoms. The van der Waals surface area contributed by atoms with Gasteiger partial charge in [0.15, 0.2) is 17.3 Å². The molecule has 49 heavy (non-hydrogen) atoms. The lowest BCUT2D eigenvalue weighted by molar-refractivity contribution is -0.142. The standard InChI is InChI=1S/C36H36F4N4O5/c1-7-26(46)42-16-21-17-49-34-31(43(21)15-20(42)6)22-14-25(36(38,39)40)44(32-23(37)10-9-11-24(32)45)35(47)28(22)29(33(34)48-8-2)27-19(5)12-13-41-30(27)18(3)4/h7,9-14,18,20-21,45H,1,8,15-17H2,2-6H3. The van der Waals surface area contributed by atoms with Gasteiger partial charge in [0.05, 0.1) is 29.4 Å². The van der Waals surface area contributed by atoms with Crippen LogP contribution in [0.4, 0.5) is 23.2 Å². The number of para-hydroxylation sites is 1. The Balaban J connectivity index is 1.85. The van der Waals surface area contributed by atoms with Crippen LogP contribution in [0, 0.1) is 12.7 Å². The van der Waals surface area contributed by atoms with Crippen molar-refractivity contribution in [2.45, 2.75) is 58.8 Å². The number of carbonyl (C=O) groups excluding carboxylic acids is 1. The van der Waals surface area contributed by atoms with Crippen molar-refractivity contribution in [3.63, 3.8) is 0 Å². The second-order valence-electron chi connectivity index (χ2n) is 12.6. The molecular formula is C36H36F4N4O5. The number of pyridine rings is 2. The molecule has 1 N–H and O–H groups in total. The van der Waals surface area contributed by atoms with Gasteiger partial charge in [-0.15, -0.1) is 0 Å². The van der Waals surface area contributed by atoms with Gasteiger partial charge in [-0.2, -0.15) is 13.2 Å². The fraction of sp³-hybridized carbons (Fsp3) is 0.361. The van der Waals surface area contributed by atoms with Gasteiger partial charge >= 0.3 is 6.18 Å². The molecule has 1 fully saturated rings. The molecule has 2 unspecified atom stereocenters. The third-order valence-corrected chi connectivity index (χ3v) is 9.12. The lowest BCUT2D eigenvalue weighted by Crippen LogP contribution is -2.61. The number of hydrogen-bond donors (Lipinski definition) is 1. The number of phenolic OH excluding ortho intramolecular Hbond substituents is 1. The zero-order valence-corrected chi connectivity index (χ0v) is 27.7. The Hall–Kier alpha value is -5.07. The van der Waals surface area contributed by atoms with Crippen LogP contribution in [-0.4, -0.2) is 63.9 Å². The number of anilines is 1. The largest absolute Gasteiger partial charge is 0.506 e. The van der Waals surface area contributed by atoms with Crippen LogP contribution in [0.15, 0.2) is 54.0 Å². The minimum Gasteiger partial charge on any atom is -0.506 e. The maximum Gasteiger partial charge on any atom is 0.431 e. The molecule has 6 rings (SSSR count). The van der Waals surface area contributed by atoms with E-state index in [-0.39, 0.29) is 82.3 Å². The summed E-state index contributed by atoms with van der Waals surface area (Å²) in [4.78, 5) is 35.7. The lowest BCUT2D eigenvalue weighted by Gasteiger charge is -2.49. The summed E-state index contributed by atoms with van der Waals surface area (Å²) in [7, 11) is 0. The number of aromatic hydroxyl groups is 1. The Kier molecular flexibility index (Phi) is 8.58. The van der Waals surface area contributed by atoms with Gasteiger partial charge < -0.3 is 24.4 Å². The predicted molar refractivity (Wildman–Crippen MR) is 177 cm³/mol. The van der Waals surface area contributed by atoms with E-state index in [0.29, 0.717) is 16.8 Å². The van der Waals surface area contributed by atoms with Crippen LogP contribution in [0.1, 0.15) is 50.6 Å². The van der Waals surface area contributed by atoms with Gasteiger partial charge in [0, 0.05) is 41.8 Å². The third kappa shape index (κ3) is 5.44. The van der Waals surface area contributed by atoms with E-state index in [2.05, 4.69) is 11.6 Å². The number of alkyl halides is 3. The fourth-order valence-electron chi connectivity index (χ4n) is 6.99. The molecule has 0 saturated carbocycles. The van der Waals surface area contributed by atoms with Crippen molar-refractivity contribution < 1.29 is 36.9 Å². The number of rotatable bonds is 6. The molecule has 2 aromatic heterocycles. The molecule has 0 radical (unpaired) electrons. The molecule has 1 amide bonds. The second-order valence-corrected chi connectivity index (χ2v) is 12.6. The van der Waals surface area contributed by atoms with E-state index in [9.17, 15) is 14.7 Å². The van der Waals surface area contributed by atoms with E-state index < -0.39 is 40.7 Å². The van der Waals surface area contributed by atoms with Crippen molar-refractivity contribution in [3.05, 3.63) is 82.3 Å². The highest BCUT2D eigenvalue weighted by Crippen LogP contribution is 2.55. The van der Waals surface area contributed by atoms with E-state index in [4.69, 9.17) is 9.47 Å². The Morgan fingerprint density at radius 2 is 1.94 bits per heavy atom.